The fourth-order valence-corrected chi connectivity index (χ4v) is 2.99. The summed E-state index contributed by atoms with van der Waals surface area (Å²) < 4.78 is 24.5. The lowest BCUT2D eigenvalue weighted by Gasteiger charge is -2.38. The number of hydrogen-bond acceptors (Lipinski definition) is 3. The van der Waals surface area contributed by atoms with Crippen LogP contribution < -0.4 is 0 Å². The molecule has 0 bridgehead atoms. The van der Waals surface area contributed by atoms with Crippen LogP contribution in [0.1, 0.15) is 24.8 Å². The van der Waals surface area contributed by atoms with Gasteiger partial charge in [0.1, 0.15) is 5.82 Å². The predicted molar refractivity (Wildman–Crippen MR) is 70.1 cm³/mol. The molecule has 4 heteroatoms. The van der Waals surface area contributed by atoms with Gasteiger partial charge in [-0.1, -0.05) is 18.6 Å². The minimum atomic E-state index is -0.167. The van der Waals surface area contributed by atoms with Gasteiger partial charge in [0.05, 0.1) is 19.3 Å². The maximum Gasteiger partial charge on any atom is 0.173 e. The van der Waals surface area contributed by atoms with Gasteiger partial charge in [0.25, 0.3) is 0 Å². The molecule has 2 heterocycles. The third-order valence-electron chi connectivity index (χ3n) is 3.90. The zero-order chi connectivity index (χ0) is 13.1. The molecule has 1 unspecified atom stereocenters. The van der Waals surface area contributed by atoms with Crippen LogP contribution in [0.15, 0.2) is 24.3 Å². The van der Waals surface area contributed by atoms with Gasteiger partial charge in [-0.15, -0.1) is 0 Å². The molecule has 2 fully saturated rings. The van der Waals surface area contributed by atoms with Crippen molar-refractivity contribution in [3.63, 3.8) is 0 Å². The summed E-state index contributed by atoms with van der Waals surface area (Å²) in [5.74, 6) is -0.167. The Labute approximate surface area is 113 Å². The van der Waals surface area contributed by atoms with E-state index >= 15 is 0 Å². The van der Waals surface area contributed by atoms with Gasteiger partial charge in [0, 0.05) is 6.54 Å². The Morgan fingerprint density at radius 1 is 1.21 bits per heavy atom. The van der Waals surface area contributed by atoms with E-state index < -0.39 is 0 Å². The van der Waals surface area contributed by atoms with Gasteiger partial charge < -0.3 is 9.47 Å². The first kappa shape index (κ1) is 13.0. The van der Waals surface area contributed by atoms with Crippen molar-refractivity contribution >= 4 is 0 Å². The van der Waals surface area contributed by atoms with Gasteiger partial charge >= 0.3 is 0 Å². The predicted octanol–water partition coefficient (Wildman–Crippen LogP) is 2.55. The highest BCUT2D eigenvalue weighted by molar-refractivity contribution is 5.16. The summed E-state index contributed by atoms with van der Waals surface area (Å²) in [6.45, 7) is 3.18. The molecule has 0 aromatic heterocycles. The zero-order valence-corrected chi connectivity index (χ0v) is 11.1. The number of hydrogen-bond donors (Lipinski definition) is 0. The highest BCUT2D eigenvalue weighted by Crippen LogP contribution is 2.26. The van der Waals surface area contributed by atoms with E-state index in [1.807, 2.05) is 6.07 Å². The van der Waals surface area contributed by atoms with E-state index in [1.165, 1.54) is 18.9 Å². The summed E-state index contributed by atoms with van der Waals surface area (Å²) in [6, 6.07) is 7.15. The highest BCUT2D eigenvalue weighted by Gasteiger charge is 2.33. The monoisotopic (exact) mass is 265 g/mol. The normalized spacial score (nSPS) is 25.8. The Balaban J connectivity index is 1.69. The molecule has 0 aliphatic carbocycles. The van der Waals surface area contributed by atoms with E-state index in [1.54, 1.807) is 12.1 Å². The summed E-state index contributed by atoms with van der Waals surface area (Å²) >= 11 is 0. The topological polar surface area (TPSA) is 21.7 Å². The molecule has 0 amide bonds. The first-order chi connectivity index (χ1) is 9.33. The second-order valence-electron chi connectivity index (χ2n) is 5.27. The Kier molecular flexibility index (Phi) is 4.11. The van der Waals surface area contributed by atoms with Crippen LogP contribution in [0.4, 0.5) is 4.39 Å². The Hall–Kier alpha value is -0.970. The molecule has 0 radical (unpaired) electrons. The maximum absolute atomic E-state index is 13.3. The third kappa shape index (κ3) is 3.14. The summed E-state index contributed by atoms with van der Waals surface area (Å²) in [7, 11) is 0. The molecule has 2 aliphatic rings. The van der Waals surface area contributed by atoms with Gasteiger partial charge in [-0.05, 0) is 37.1 Å². The van der Waals surface area contributed by atoms with Crippen molar-refractivity contribution in [2.24, 2.45) is 0 Å². The zero-order valence-electron chi connectivity index (χ0n) is 11.1. The van der Waals surface area contributed by atoms with E-state index in [-0.39, 0.29) is 12.1 Å². The van der Waals surface area contributed by atoms with Crippen molar-refractivity contribution in [2.75, 3.05) is 19.8 Å². The number of piperidine rings is 1. The van der Waals surface area contributed by atoms with Crippen LogP contribution in [-0.2, 0) is 16.0 Å². The van der Waals surface area contributed by atoms with Crippen molar-refractivity contribution in [2.45, 2.75) is 38.1 Å². The minimum absolute atomic E-state index is 0.103. The molecule has 0 spiro atoms. The first-order valence-corrected chi connectivity index (χ1v) is 7.04. The quantitative estimate of drug-likeness (QED) is 0.838. The number of halogens is 1. The lowest BCUT2D eigenvalue weighted by molar-refractivity contribution is -0.111. The molecular formula is C15H20FNO2. The summed E-state index contributed by atoms with van der Waals surface area (Å²) in [5.41, 5.74) is 1.02. The smallest absolute Gasteiger partial charge is 0.173 e. The van der Waals surface area contributed by atoms with Crippen LogP contribution in [0.2, 0.25) is 0 Å². The highest BCUT2D eigenvalue weighted by atomic mass is 19.1. The van der Waals surface area contributed by atoms with Crippen LogP contribution in [0.3, 0.4) is 0 Å². The summed E-state index contributed by atoms with van der Waals surface area (Å²) in [6.07, 6.45) is 3.40. The van der Waals surface area contributed by atoms with Gasteiger partial charge in [-0.25, -0.2) is 4.39 Å². The Morgan fingerprint density at radius 3 is 2.84 bits per heavy atom. The van der Waals surface area contributed by atoms with E-state index in [0.29, 0.717) is 19.3 Å². The summed E-state index contributed by atoms with van der Waals surface area (Å²) in [5, 5.41) is 0. The van der Waals surface area contributed by atoms with Gasteiger partial charge in [-0.2, -0.15) is 0 Å². The molecule has 3 rings (SSSR count). The van der Waals surface area contributed by atoms with Crippen molar-refractivity contribution in [1.29, 1.82) is 0 Å². The van der Waals surface area contributed by atoms with Gasteiger partial charge in [-0.3, -0.25) is 4.90 Å². The lowest BCUT2D eigenvalue weighted by Crippen LogP contribution is -2.46. The molecule has 1 atom stereocenters. The van der Waals surface area contributed by atoms with Gasteiger partial charge in [0.2, 0.25) is 0 Å². The molecule has 0 N–H and O–H groups in total. The molecule has 3 nitrogen and oxygen atoms in total. The molecule has 0 saturated carbocycles. The number of nitrogens with zero attached hydrogens (tertiary/aromatic N) is 1. The third-order valence-corrected chi connectivity index (χ3v) is 3.90. The van der Waals surface area contributed by atoms with E-state index in [4.69, 9.17) is 9.47 Å². The van der Waals surface area contributed by atoms with Crippen molar-refractivity contribution < 1.29 is 13.9 Å². The number of benzene rings is 1. The Bertz CT molecular complexity index is 420. The maximum atomic E-state index is 13.3. The number of ether oxygens (including phenoxy) is 2. The van der Waals surface area contributed by atoms with Crippen LogP contribution >= 0.6 is 0 Å². The molecular weight excluding hydrogens is 245 g/mol. The molecule has 2 saturated heterocycles. The second kappa shape index (κ2) is 5.99. The molecule has 1 aromatic rings. The van der Waals surface area contributed by atoms with E-state index in [0.717, 1.165) is 25.1 Å². The lowest BCUT2D eigenvalue weighted by atomic mass is 10.0. The van der Waals surface area contributed by atoms with Crippen LogP contribution in [0.25, 0.3) is 0 Å². The second-order valence-corrected chi connectivity index (χ2v) is 5.27. The average Bonchev–Trinajstić information content (AvgIpc) is 2.93. The largest absolute Gasteiger partial charge is 0.349 e. The fourth-order valence-electron chi connectivity index (χ4n) is 2.99. The Morgan fingerprint density at radius 2 is 2.05 bits per heavy atom. The van der Waals surface area contributed by atoms with Crippen molar-refractivity contribution in [3.05, 3.63) is 35.6 Å². The molecule has 2 aliphatic heterocycles. The molecule has 19 heavy (non-hydrogen) atoms. The minimum Gasteiger partial charge on any atom is -0.349 e. The fraction of sp³-hybridized carbons (Fsp3) is 0.600. The van der Waals surface area contributed by atoms with Crippen molar-refractivity contribution in [3.8, 4) is 0 Å². The first-order valence-electron chi connectivity index (χ1n) is 7.04. The van der Waals surface area contributed by atoms with Crippen LogP contribution in [-0.4, -0.2) is 37.0 Å². The molecule has 104 valence electrons. The van der Waals surface area contributed by atoms with Crippen LogP contribution in [0.5, 0.6) is 0 Å². The number of likely N-dealkylation sites (tertiary alicyclic amines) is 1. The van der Waals surface area contributed by atoms with Crippen LogP contribution in [0, 0.1) is 5.82 Å². The van der Waals surface area contributed by atoms with Crippen molar-refractivity contribution in [1.82, 2.24) is 4.90 Å². The standard InChI is InChI=1S/C15H20FNO2/c16-13-5-3-4-12(10-13)11-17-7-2-1-6-14(17)15-18-8-9-19-15/h3-5,10,14-15H,1-2,6-9,11H2. The summed E-state index contributed by atoms with van der Waals surface area (Å²) in [4.78, 5) is 2.37. The average molecular weight is 265 g/mol. The van der Waals surface area contributed by atoms with E-state index in [9.17, 15) is 4.39 Å². The number of rotatable bonds is 3. The SMILES string of the molecule is Fc1cccc(CN2CCCCC2C2OCCO2)c1. The molecule has 1 aromatic carbocycles. The van der Waals surface area contributed by atoms with Gasteiger partial charge in [0.15, 0.2) is 6.29 Å². The van der Waals surface area contributed by atoms with E-state index in [2.05, 4.69) is 4.90 Å².